The van der Waals surface area contributed by atoms with Gasteiger partial charge in [-0.25, -0.2) is 0 Å². The lowest BCUT2D eigenvalue weighted by Gasteiger charge is -2.31. The fourth-order valence-electron chi connectivity index (χ4n) is 2.41. The minimum absolute atomic E-state index is 0.00486. The Hall–Kier alpha value is -1.92. The fourth-order valence-corrected chi connectivity index (χ4v) is 2.41. The van der Waals surface area contributed by atoms with Crippen molar-refractivity contribution in [3.63, 3.8) is 0 Å². The summed E-state index contributed by atoms with van der Waals surface area (Å²) >= 11 is 0. The van der Waals surface area contributed by atoms with Crippen LogP contribution in [0.3, 0.4) is 0 Å². The second-order valence-electron chi connectivity index (χ2n) is 5.78. The molecule has 1 aliphatic heterocycles. The second-order valence-corrected chi connectivity index (χ2v) is 5.78. The van der Waals surface area contributed by atoms with Gasteiger partial charge in [-0.15, -0.1) is 0 Å². The lowest BCUT2D eigenvalue weighted by Crippen LogP contribution is -2.44. The summed E-state index contributed by atoms with van der Waals surface area (Å²) in [5, 5.41) is 3.87. The van der Waals surface area contributed by atoms with E-state index >= 15 is 0 Å². The van der Waals surface area contributed by atoms with Crippen LogP contribution in [-0.2, 0) is 16.0 Å². The van der Waals surface area contributed by atoms with Crippen molar-refractivity contribution in [2.45, 2.75) is 45.4 Å². The minimum atomic E-state index is -0.328. The summed E-state index contributed by atoms with van der Waals surface area (Å²) in [4.78, 5) is 29.3. The Balaban J connectivity index is 1.84. The van der Waals surface area contributed by atoms with Crippen LogP contribution in [0.15, 0.2) is 4.52 Å². The van der Waals surface area contributed by atoms with Crippen LogP contribution in [0.25, 0.3) is 0 Å². The molecule has 1 fully saturated rings. The van der Waals surface area contributed by atoms with Gasteiger partial charge >= 0.3 is 0 Å². The first-order valence-electron chi connectivity index (χ1n) is 7.37. The van der Waals surface area contributed by atoms with Crippen molar-refractivity contribution in [3.8, 4) is 0 Å². The third-order valence-electron chi connectivity index (χ3n) is 3.73. The van der Waals surface area contributed by atoms with E-state index in [4.69, 9.17) is 10.3 Å². The number of carbonyl (C=O) groups excluding carboxylic acids is 2. The Morgan fingerprint density at radius 3 is 2.86 bits per heavy atom. The van der Waals surface area contributed by atoms with Crippen molar-refractivity contribution in [2.75, 3.05) is 13.1 Å². The molecule has 2 rings (SSSR count). The molecule has 1 aromatic heterocycles. The lowest BCUT2D eigenvalue weighted by atomic mass is 9.97. The third-order valence-corrected chi connectivity index (χ3v) is 3.73. The van der Waals surface area contributed by atoms with Crippen LogP contribution in [0.1, 0.15) is 50.7 Å². The molecule has 0 aromatic carbocycles. The van der Waals surface area contributed by atoms with Gasteiger partial charge in [-0.05, 0) is 12.8 Å². The fraction of sp³-hybridized carbons (Fsp3) is 0.714. The number of rotatable bonds is 5. The van der Waals surface area contributed by atoms with E-state index in [-0.39, 0.29) is 23.7 Å². The van der Waals surface area contributed by atoms with Gasteiger partial charge in [-0.1, -0.05) is 19.0 Å². The van der Waals surface area contributed by atoms with Gasteiger partial charge in [0.05, 0.1) is 5.92 Å². The molecule has 2 amide bonds. The Kier molecular flexibility index (Phi) is 4.93. The monoisotopic (exact) mass is 294 g/mol. The van der Waals surface area contributed by atoms with Gasteiger partial charge in [0.25, 0.3) is 0 Å². The van der Waals surface area contributed by atoms with E-state index in [0.29, 0.717) is 37.6 Å². The standard InChI is InChI=1S/C14H22N4O3/c1-9(2)14-16-11(21-17-14)5-6-12(19)18-7-3-4-10(8-18)13(15)20/h9-10H,3-8H2,1-2H3,(H2,15,20). The van der Waals surface area contributed by atoms with Crippen LogP contribution in [0.2, 0.25) is 0 Å². The van der Waals surface area contributed by atoms with Crippen molar-refractivity contribution in [3.05, 3.63) is 11.7 Å². The Labute approximate surface area is 123 Å². The Bertz CT molecular complexity index is 512. The number of primary amides is 1. The van der Waals surface area contributed by atoms with Crippen molar-refractivity contribution in [1.29, 1.82) is 0 Å². The number of piperidine rings is 1. The van der Waals surface area contributed by atoms with Gasteiger partial charge in [0.1, 0.15) is 0 Å². The summed E-state index contributed by atoms with van der Waals surface area (Å²) in [6.07, 6.45) is 2.32. The van der Waals surface area contributed by atoms with Crippen LogP contribution in [0, 0.1) is 5.92 Å². The number of hydrogen-bond acceptors (Lipinski definition) is 5. The number of nitrogens with two attached hydrogens (primary N) is 1. The number of hydrogen-bond donors (Lipinski definition) is 1. The molecule has 0 saturated carbocycles. The zero-order valence-corrected chi connectivity index (χ0v) is 12.5. The largest absolute Gasteiger partial charge is 0.369 e. The SMILES string of the molecule is CC(C)c1noc(CCC(=O)N2CCCC(C(N)=O)C2)n1. The first-order valence-corrected chi connectivity index (χ1v) is 7.37. The van der Waals surface area contributed by atoms with E-state index in [1.807, 2.05) is 13.8 Å². The Morgan fingerprint density at radius 2 is 2.24 bits per heavy atom. The zero-order valence-electron chi connectivity index (χ0n) is 12.5. The van der Waals surface area contributed by atoms with E-state index in [9.17, 15) is 9.59 Å². The number of nitrogens with zero attached hydrogens (tertiary/aromatic N) is 3. The number of amides is 2. The predicted octanol–water partition coefficient (Wildman–Crippen LogP) is 0.850. The molecule has 1 aliphatic rings. The third kappa shape index (κ3) is 4.03. The maximum absolute atomic E-state index is 12.2. The highest BCUT2D eigenvalue weighted by atomic mass is 16.5. The molecule has 2 N–H and O–H groups in total. The van der Waals surface area contributed by atoms with Crippen molar-refractivity contribution >= 4 is 11.8 Å². The lowest BCUT2D eigenvalue weighted by molar-refractivity contribution is -0.135. The molecule has 116 valence electrons. The van der Waals surface area contributed by atoms with Crippen LogP contribution >= 0.6 is 0 Å². The van der Waals surface area contributed by atoms with E-state index in [0.717, 1.165) is 12.8 Å². The quantitative estimate of drug-likeness (QED) is 0.867. The van der Waals surface area contributed by atoms with E-state index in [2.05, 4.69) is 10.1 Å². The van der Waals surface area contributed by atoms with Crippen LogP contribution in [0.4, 0.5) is 0 Å². The van der Waals surface area contributed by atoms with E-state index in [1.54, 1.807) is 4.90 Å². The van der Waals surface area contributed by atoms with Gasteiger partial charge < -0.3 is 15.2 Å². The number of likely N-dealkylation sites (tertiary alicyclic amines) is 1. The molecule has 7 heteroatoms. The normalized spacial score (nSPS) is 19.0. The maximum Gasteiger partial charge on any atom is 0.227 e. The van der Waals surface area contributed by atoms with Gasteiger partial charge in [0.2, 0.25) is 17.7 Å². The molecule has 0 radical (unpaired) electrons. The van der Waals surface area contributed by atoms with Crippen LogP contribution < -0.4 is 5.73 Å². The number of carbonyl (C=O) groups is 2. The van der Waals surface area contributed by atoms with Crippen molar-refractivity contribution < 1.29 is 14.1 Å². The van der Waals surface area contributed by atoms with E-state index in [1.165, 1.54) is 0 Å². The summed E-state index contributed by atoms with van der Waals surface area (Å²) in [7, 11) is 0. The molecular formula is C14H22N4O3. The summed E-state index contributed by atoms with van der Waals surface area (Å²) in [6, 6.07) is 0. The highest BCUT2D eigenvalue weighted by molar-refractivity contribution is 5.80. The van der Waals surface area contributed by atoms with E-state index < -0.39 is 0 Å². The predicted molar refractivity (Wildman–Crippen MR) is 75.2 cm³/mol. The second kappa shape index (κ2) is 6.69. The molecule has 0 bridgehead atoms. The number of aromatic nitrogens is 2. The van der Waals surface area contributed by atoms with Crippen LogP contribution in [-0.4, -0.2) is 39.9 Å². The molecular weight excluding hydrogens is 272 g/mol. The van der Waals surface area contributed by atoms with Gasteiger partial charge in [0.15, 0.2) is 5.82 Å². The van der Waals surface area contributed by atoms with Crippen molar-refractivity contribution in [2.24, 2.45) is 11.7 Å². The molecule has 1 unspecified atom stereocenters. The van der Waals surface area contributed by atoms with Gasteiger partial charge in [-0.2, -0.15) is 4.98 Å². The first-order chi connectivity index (χ1) is 9.97. The molecule has 0 aliphatic carbocycles. The first kappa shape index (κ1) is 15.5. The average Bonchev–Trinajstić information content (AvgIpc) is 2.94. The van der Waals surface area contributed by atoms with Gasteiger partial charge in [-0.3, -0.25) is 9.59 Å². The zero-order chi connectivity index (χ0) is 15.4. The molecule has 2 heterocycles. The molecule has 21 heavy (non-hydrogen) atoms. The van der Waals surface area contributed by atoms with Crippen molar-refractivity contribution in [1.82, 2.24) is 15.0 Å². The topological polar surface area (TPSA) is 102 Å². The highest BCUT2D eigenvalue weighted by Gasteiger charge is 2.26. The summed E-state index contributed by atoms with van der Waals surface area (Å²) in [5.74, 6) is 0.797. The molecule has 1 aromatic rings. The smallest absolute Gasteiger partial charge is 0.227 e. The summed E-state index contributed by atoms with van der Waals surface area (Å²) in [6.45, 7) is 5.08. The van der Waals surface area contributed by atoms with Crippen LogP contribution in [0.5, 0.6) is 0 Å². The molecule has 0 spiro atoms. The highest BCUT2D eigenvalue weighted by Crippen LogP contribution is 2.17. The maximum atomic E-state index is 12.2. The Morgan fingerprint density at radius 1 is 1.48 bits per heavy atom. The minimum Gasteiger partial charge on any atom is -0.369 e. The summed E-state index contributed by atoms with van der Waals surface area (Å²) in [5.41, 5.74) is 5.32. The molecule has 1 saturated heterocycles. The molecule has 7 nitrogen and oxygen atoms in total. The average molecular weight is 294 g/mol. The summed E-state index contributed by atoms with van der Waals surface area (Å²) < 4.78 is 5.12. The molecule has 1 atom stereocenters. The van der Waals surface area contributed by atoms with Gasteiger partial charge in [0, 0.05) is 31.8 Å². The number of aryl methyl sites for hydroxylation is 1.